The molecule has 0 radical (unpaired) electrons. The van der Waals surface area contributed by atoms with E-state index in [1.165, 1.54) is 0 Å². The first-order valence-electron chi connectivity index (χ1n) is 6.74. The van der Waals surface area contributed by atoms with Gasteiger partial charge in [0, 0.05) is 0 Å². The lowest BCUT2D eigenvalue weighted by molar-refractivity contribution is -0.0000108. The van der Waals surface area contributed by atoms with E-state index < -0.39 is 7.26 Å². The Kier molecular flexibility index (Phi) is 6.82. The third kappa shape index (κ3) is 4.04. The molecule has 21 heavy (non-hydrogen) atoms. The van der Waals surface area contributed by atoms with Gasteiger partial charge in [0.05, 0.1) is 12.8 Å². The van der Waals surface area contributed by atoms with Crippen LogP contribution in [0.15, 0.2) is 60.7 Å². The molecule has 0 atom stereocenters. The topological polar surface area (TPSA) is 26.3 Å². The Labute approximate surface area is 144 Å². The van der Waals surface area contributed by atoms with E-state index in [0.717, 1.165) is 10.6 Å². The van der Waals surface area contributed by atoms with Crippen LogP contribution in [0.2, 0.25) is 0 Å². The summed E-state index contributed by atoms with van der Waals surface area (Å²) in [6.45, 7) is 5.80. The van der Waals surface area contributed by atoms with Crippen molar-refractivity contribution in [3.8, 4) is 0 Å². The average Bonchev–Trinajstić information content (AvgIpc) is 2.47. The van der Waals surface area contributed by atoms with Gasteiger partial charge in [-0.1, -0.05) is 36.4 Å². The number of ether oxygens (including phenoxy) is 1. The van der Waals surface area contributed by atoms with E-state index in [0.29, 0.717) is 0 Å². The minimum atomic E-state index is -2.18. The monoisotopic (exact) mass is 414 g/mol. The summed E-state index contributed by atoms with van der Waals surface area (Å²) in [5, 5.41) is 2.11. The van der Waals surface area contributed by atoms with E-state index in [-0.39, 0.29) is 35.8 Å². The Bertz CT molecular complexity index is 530. The first-order valence-corrected chi connectivity index (χ1v) is 8.97. The Morgan fingerprint density at radius 3 is 1.62 bits per heavy atom. The fourth-order valence-electron chi connectivity index (χ4n) is 2.12. The van der Waals surface area contributed by atoms with Crippen molar-refractivity contribution >= 4 is 23.6 Å². The normalized spacial score (nSPS) is 10.9. The molecule has 0 amide bonds. The van der Waals surface area contributed by atoms with Crippen molar-refractivity contribution in [1.82, 2.24) is 0 Å². The summed E-state index contributed by atoms with van der Waals surface area (Å²) in [6, 6.07) is 19.9. The van der Waals surface area contributed by atoms with Crippen molar-refractivity contribution < 1.29 is 33.5 Å². The first-order chi connectivity index (χ1) is 9.55. The van der Waals surface area contributed by atoms with E-state index >= 15 is 0 Å². The molecule has 2 nitrogen and oxygen atoms in total. The Morgan fingerprint density at radius 2 is 1.29 bits per heavy atom. The van der Waals surface area contributed by atoms with Gasteiger partial charge in [0.25, 0.3) is 0 Å². The number of carbonyl (C=O) groups excluding carboxylic acids is 1. The van der Waals surface area contributed by atoms with Gasteiger partial charge in [0.15, 0.2) is 7.26 Å². The lowest BCUT2D eigenvalue weighted by Crippen LogP contribution is -3.00. The number of benzene rings is 2. The molecule has 0 spiro atoms. The third-order valence-corrected chi connectivity index (χ3v) is 6.74. The minimum Gasteiger partial charge on any atom is -1.00 e. The zero-order valence-electron chi connectivity index (χ0n) is 12.5. The molecule has 0 saturated heterocycles. The van der Waals surface area contributed by atoms with Crippen LogP contribution in [0.3, 0.4) is 0 Å². The van der Waals surface area contributed by atoms with Gasteiger partial charge in [-0.25, -0.2) is 4.79 Å². The maximum atomic E-state index is 12.7. The van der Waals surface area contributed by atoms with Crippen molar-refractivity contribution in [1.29, 1.82) is 0 Å². The van der Waals surface area contributed by atoms with Gasteiger partial charge >= 0.3 is 5.71 Å². The number of rotatable bonds is 4. The summed E-state index contributed by atoms with van der Waals surface area (Å²) in [5.41, 5.74) is -0.107. The molecule has 0 bridgehead atoms. The van der Waals surface area contributed by atoms with Gasteiger partial charge in [-0.3, -0.25) is 0 Å². The smallest absolute Gasteiger partial charge is 0.461 e. The van der Waals surface area contributed by atoms with E-state index in [2.05, 4.69) is 0 Å². The molecule has 0 aliphatic rings. The Morgan fingerprint density at radius 1 is 0.905 bits per heavy atom. The quantitative estimate of drug-likeness (QED) is 0.548. The summed E-state index contributed by atoms with van der Waals surface area (Å²) in [4.78, 5) is 12.7. The maximum absolute atomic E-state index is 12.7. The second kappa shape index (κ2) is 7.90. The number of hydrogen-bond donors (Lipinski definition) is 0. The molecule has 2 rings (SSSR count). The van der Waals surface area contributed by atoms with Gasteiger partial charge in [0.2, 0.25) is 0 Å². The molecule has 0 aromatic heterocycles. The number of halogens is 1. The van der Waals surface area contributed by atoms with Crippen LogP contribution in [0, 0.1) is 0 Å². The maximum Gasteiger partial charge on any atom is 0.461 e. The standard InChI is InChI=1S/C17H20O2P.HI/c1-14(2)19-17(18)20(3,15-10-6-4-7-11-15)16-12-8-5-9-13-16;/h4-14H,1-3H3;1H/q+1;/p-1. The lowest BCUT2D eigenvalue weighted by Gasteiger charge is -2.21. The molecule has 0 N–H and O–H groups in total. The molecule has 0 fully saturated rings. The van der Waals surface area contributed by atoms with Crippen molar-refractivity contribution in [2.75, 3.05) is 6.66 Å². The zero-order chi connectivity index (χ0) is 14.6. The van der Waals surface area contributed by atoms with Crippen LogP contribution in [0.5, 0.6) is 0 Å². The van der Waals surface area contributed by atoms with Gasteiger partial charge in [0.1, 0.15) is 10.6 Å². The van der Waals surface area contributed by atoms with Crippen molar-refractivity contribution in [2.45, 2.75) is 20.0 Å². The van der Waals surface area contributed by atoms with Gasteiger partial charge in [-0.15, -0.1) is 0 Å². The molecule has 0 aliphatic carbocycles. The van der Waals surface area contributed by atoms with Crippen LogP contribution in [0.25, 0.3) is 0 Å². The molecule has 2 aromatic carbocycles. The molecule has 4 heteroatoms. The highest BCUT2D eigenvalue weighted by Crippen LogP contribution is 2.54. The van der Waals surface area contributed by atoms with Crippen molar-refractivity contribution in [3.63, 3.8) is 0 Å². The van der Waals surface area contributed by atoms with Crippen LogP contribution in [-0.4, -0.2) is 18.5 Å². The predicted octanol–water partition coefficient (Wildman–Crippen LogP) is 0.834. The molecular formula is C17H20IO2P. The minimum absolute atomic E-state index is 0. The largest absolute Gasteiger partial charge is 1.00 e. The fraction of sp³-hybridized carbons (Fsp3) is 0.235. The molecule has 0 unspecified atom stereocenters. The lowest BCUT2D eigenvalue weighted by atomic mass is 10.4. The second-order valence-corrected chi connectivity index (χ2v) is 8.52. The average molecular weight is 414 g/mol. The summed E-state index contributed by atoms with van der Waals surface area (Å²) in [6.07, 6.45) is -0.103. The van der Waals surface area contributed by atoms with Gasteiger partial charge < -0.3 is 28.7 Å². The van der Waals surface area contributed by atoms with Crippen molar-refractivity contribution in [3.05, 3.63) is 60.7 Å². The van der Waals surface area contributed by atoms with Crippen molar-refractivity contribution in [2.24, 2.45) is 0 Å². The molecular weight excluding hydrogens is 394 g/mol. The van der Waals surface area contributed by atoms with E-state index in [4.69, 9.17) is 4.74 Å². The predicted molar refractivity (Wildman–Crippen MR) is 86.6 cm³/mol. The summed E-state index contributed by atoms with van der Waals surface area (Å²) >= 11 is 0. The highest BCUT2D eigenvalue weighted by Gasteiger charge is 2.48. The molecule has 0 saturated carbocycles. The summed E-state index contributed by atoms with van der Waals surface area (Å²) in [5.74, 6) is 0. The summed E-state index contributed by atoms with van der Waals surface area (Å²) < 4.78 is 5.53. The molecule has 2 aromatic rings. The molecule has 0 aliphatic heterocycles. The van der Waals surface area contributed by atoms with Crippen LogP contribution in [0.4, 0.5) is 4.79 Å². The number of hydrogen-bond acceptors (Lipinski definition) is 2. The Hall–Kier alpha value is -0.930. The SMILES string of the molecule is CC(C)OC(=O)[P+](C)(c1ccccc1)c1ccccc1.[I-]. The van der Waals surface area contributed by atoms with Crippen LogP contribution < -0.4 is 34.6 Å². The van der Waals surface area contributed by atoms with E-state index in [1.54, 1.807) is 0 Å². The van der Waals surface area contributed by atoms with Gasteiger partial charge in [-0.05, 0) is 38.1 Å². The summed E-state index contributed by atoms with van der Waals surface area (Å²) in [7, 11) is -2.18. The van der Waals surface area contributed by atoms with E-state index in [9.17, 15) is 4.79 Å². The van der Waals surface area contributed by atoms with Crippen LogP contribution >= 0.6 is 7.26 Å². The van der Waals surface area contributed by atoms with Crippen LogP contribution in [-0.2, 0) is 4.74 Å². The Balaban J connectivity index is 0.00000220. The second-order valence-electron chi connectivity index (χ2n) is 5.11. The third-order valence-electron chi connectivity index (χ3n) is 3.25. The molecule has 112 valence electrons. The van der Waals surface area contributed by atoms with Gasteiger partial charge in [-0.2, -0.15) is 0 Å². The highest BCUT2D eigenvalue weighted by atomic mass is 127. The number of carbonyl (C=O) groups is 1. The molecule has 0 heterocycles. The first kappa shape index (κ1) is 18.1. The fourth-order valence-corrected chi connectivity index (χ4v) is 4.80. The van der Waals surface area contributed by atoms with Crippen LogP contribution in [0.1, 0.15) is 13.8 Å². The zero-order valence-corrected chi connectivity index (χ0v) is 15.5. The highest BCUT2D eigenvalue weighted by molar-refractivity contribution is 8.01. The van der Waals surface area contributed by atoms with E-state index in [1.807, 2.05) is 81.2 Å².